The molecule has 0 amide bonds. The molecular weight excluding hydrogens is 370 g/mol. The Morgan fingerprint density at radius 1 is 1.27 bits per heavy atom. The number of hydrogen-bond acceptors (Lipinski definition) is 7. The number of rotatable bonds is 4. The number of nitrogens with zero attached hydrogens (tertiary/aromatic N) is 6. The van der Waals surface area contributed by atoms with Crippen LogP contribution in [0.2, 0.25) is 0 Å². The van der Waals surface area contributed by atoms with Gasteiger partial charge in [0.05, 0.1) is 17.4 Å². The molecule has 5 rings (SSSR count). The van der Waals surface area contributed by atoms with Crippen molar-refractivity contribution in [2.24, 2.45) is 7.05 Å². The molecule has 0 radical (unpaired) electrons. The van der Waals surface area contributed by atoms with Crippen molar-refractivity contribution >= 4 is 44.1 Å². The lowest BCUT2D eigenvalue weighted by molar-refractivity contribution is 0.650. The van der Waals surface area contributed by atoms with Crippen molar-refractivity contribution in [3.05, 3.63) is 56.7 Å². The van der Waals surface area contributed by atoms with Crippen LogP contribution in [0.4, 0.5) is 0 Å². The van der Waals surface area contributed by atoms with Gasteiger partial charge < -0.3 is 4.57 Å². The van der Waals surface area contributed by atoms with Gasteiger partial charge in [0.1, 0.15) is 10.5 Å². The highest BCUT2D eigenvalue weighted by Crippen LogP contribution is 2.31. The SMILES string of the molecule is Cn1c2nc(Cc3ccn[nH]3)sc2c2cnn(Cc3ccns3)c(=O)c21. The van der Waals surface area contributed by atoms with Crippen LogP contribution in [0.15, 0.2) is 35.5 Å². The van der Waals surface area contributed by atoms with Crippen molar-refractivity contribution in [2.75, 3.05) is 0 Å². The summed E-state index contributed by atoms with van der Waals surface area (Å²) in [6.45, 7) is 0.427. The molecule has 0 bridgehead atoms. The van der Waals surface area contributed by atoms with E-state index in [0.29, 0.717) is 18.5 Å². The van der Waals surface area contributed by atoms with Gasteiger partial charge in [0.25, 0.3) is 5.56 Å². The molecule has 0 aliphatic carbocycles. The van der Waals surface area contributed by atoms with Crippen molar-refractivity contribution in [3.8, 4) is 0 Å². The van der Waals surface area contributed by atoms with Gasteiger partial charge in [-0.05, 0) is 23.7 Å². The molecule has 0 spiro atoms. The van der Waals surface area contributed by atoms with E-state index in [4.69, 9.17) is 4.98 Å². The summed E-state index contributed by atoms with van der Waals surface area (Å²) in [6.07, 6.45) is 5.91. The monoisotopic (exact) mass is 383 g/mol. The number of aryl methyl sites for hydroxylation is 1. The number of fused-ring (bicyclic) bond motifs is 3. The van der Waals surface area contributed by atoms with E-state index in [1.807, 2.05) is 23.7 Å². The lowest BCUT2D eigenvalue weighted by Crippen LogP contribution is -2.24. The Labute approximate surface area is 154 Å². The Hall–Kier alpha value is -2.85. The van der Waals surface area contributed by atoms with E-state index in [2.05, 4.69) is 19.7 Å². The lowest BCUT2D eigenvalue weighted by Gasteiger charge is -2.03. The number of aromatic nitrogens is 7. The van der Waals surface area contributed by atoms with Crippen LogP contribution in [0.25, 0.3) is 21.3 Å². The molecule has 0 atom stereocenters. The summed E-state index contributed by atoms with van der Waals surface area (Å²) in [4.78, 5) is 18.6. The molecule has 0 saturated carbocycles. The smallest absolute Gasteiger partial charge is 0.291 e. The minimum absolute atomic E-state index is 0.112. The van der Waals surface area contributed by atoms with Gasteiger partial charge >= 0.3 is 0 Å². The van der Waals surface area contributed by atoms with E-state index in [1.165, 1.54) is 16.2 Å². The second-order valence-electron chi connectivity index (χ2n) is 5.93. The largest absolute Gasteiger partial charge is 0.323 e. The molecule has 10 heteroatoms. The standard InChI is InChI=1S/C16H13N7OS2/c1-22-13-11(7-18-23(16(13)24)8-10-3-5-19-26-10)14-15(22)20-12(25-14)6-9-2-4-17-21-9/h2-5,7H,6,8H2,1H3,(H,17,21). The Morgan fingerprint density at radius 3 is 2.96 bits per heavy atom. The van der Waals surface area contributed by atoms with Crippen LogP contribution in [0.3, 0.4) is 0 Å². The first-order chi connectivity index (χ1) is 12.7. The maximum Gasteiger partial charge on any atom is 0.291 e. The number of H-pyrrole nitrogens is 1. The van der Waals surface area contributed by atoms with Crippen molar-refractivity contribution < 1.29 is 0 Å². The summed E-state index contributed by atoms with van der Waals surface area (Å²) in [6, 6.07) is 3.83. The molecule has 0 saturated heterocycles. The third kappa shape index (κ3) is 2.37. The van der Waals surface area contributed by atoms with E-state index >= 15 is 0 Å². The molecule has 5 aromatic rings. The second-order valence-corrected chi connectivity index (χ2v) is 7.93. The fourth-order valence-electron chi connectivity index (χ4n) is 3.04. The van der Waals surface area contributed by atoms with Gasteiger partial charge in [0, 0.05) is 41.8 Å². The van der Waals surface area contributed by atoms with E-state index in [9.17, 15) is 4.79 Å². The van der Waals surface area contributed by atoms with Crippen LogP contribution < -0.4 is 5.56 Å². The van der Waals surface area contributed by atoms with Gasteiger partial charge in [-0.15, -0.1) is 11.3 Å². The second kappa shape index (κ2) is 5.85. The van der Waals surface area contributed by atoms with Gasteiger partial charge in [-0.1, -0.05) is 0 Å². The van der Waals surface area contributed by atoms with Crippen molar-refractivity contribution in [2.45, 2.75) is 13.0 Å². The van der Waals surface area contributed by atoms with Gasteiger partial charge in [0.15, 0.2) is 5.65 Å². The quantitative estimate of drug-likeness (QED) is 0.513. The first-order valence-electron chi connectivity index (χ1n) is 7.92. The zero-order valence-corrected chi connectivity index (χ0v) is 15.3. The van der Waals surface area contributed by atoms with Crippen LogP contribution in [0.5, 0.6) is 0 Å². The molecule has 5 aromatic heterocycles. The molecule has 8 nitrogen and oxygen atoms in total. The highest BCUT2D eigenvalue weighted by atomic mass is 32.1. The molecule has 130 valence electrons. The Balaban J connectivity index is 1.62. The van der Waals surface area contributed by atoms with Crippen LogP contribution >= 0.6 is 22.9 Å². The minimum Gasteiger partial charge on any atom is -0.323 e. The fourth-order valence-corrected chi connectivity index (χ4v) is 4.73. The highest BCUT2D eigenvalue weighted by Gasteiger charge is 2.18. The zero-order chi connectivity index (χ0) is 17.7. The van der Waals surface area contributed by atoms with E-state index in [-0.39, 0.29) is 5.56 Å². The maximum absolute atomic E-state index is 12.9. The summed E-state index contributed by atoms with van der Waals surface area (Å²) >= 11 is 2.96. The first-order valence-corrected chi connectivity index (χ1v) is 9.51. The molecule has 5 heterocycles. The summed E-state index contributed by atoms with van der Waals surface area (Å²) < 4.78 is 8.41. The van der Waals surface area contributed by atoms with E-state index in [1.54, 1.807) is 29.9 Å². The Morgan fingerprint density at radius 2 is 2.19 bits per heavy atom. The third-order valence-corrected chi connectivity index (χ3v) is 6.07. The summed E-state index contributed by atoms with van der Waals surface area (Å²) in [7, 11) is 1.88. The fraction of sp³-hybridized carbons (Fsp3) is 0.188. The van der Waals surface area contributed by atoms with Gasteiger partial charge in [0.2, 0.25) is 0 Å². The molecule has 0 fully saturated rings. The predicted octanol–water partition coefficient (Wildman–Crippen LogP) is 2.16. The first kappa shape index (κ1) is 15.4. The summed E-state index contributed by atoms with van der Waals surface area (Å²) in [5.41, 5.74) is 2.34. The van der Waals surface area contributed by atoms with E-state index in [0.717, 1.165) is 31.3 Å². The van der Waals surface area contributed by atoms with Crippen LogP contribution in [-0.4, -0.2) is 33.9 Å². The Kier molecular flexibility index (Phi) is 3.47. The van der Waals surface area contributed by atoms with Crippen molar-refractivity contribution in [3.63, 3.8) is 0 Å². The zero-order valence-electron chi connectivity index (χ0n) is 13.7. The average Bonchev–Trinajstić information content (AvgIpc) is 3.39. The molecule has 1 N–H and O–H groups in total. The molecular formula is C16H13N7OS2. The van der Waals surface area contributed by atoms with Crippen LogP contribution in [-0.2, 0) is 20.0 Å². The molecule has 0 aliphatic rings. The van der Waals surface area contributed by atoms with Crippen molar-refractivity contribution in [1.29, 1.82) is 0 Å². The molecule has 0 aliphatic heterocycles. The van der Waals surface area contributed by atoms with Gasteiger partial charge in [-0.25, -0.2) is 14.0 Å². The number of aromatic amines is 1. The molecule has 26 heavy (non-hydrogen) atoms. The molecule has 0 unspecified atom stereocenters. The topological polar surface area (TPSA) is 94.3 Å². The molecule has 0 aromatic carbocycles. The normalized spacial score (nSPS) is 11.7. The lowest BCUT2D eigenvalue weighted by atomic mass is 10.3. The van der Waals surface area contributed by atoms with Gasteiger partial charge in [-0.3, -0.25) is 9.89 Å². The Bertz CT molecular complexity index is 1260. The van der Waals surface area contributed by atoms with E-state index < -0.39 is 0 Å². The summed E-state index contributed by atoms with van der Waals surface area (Å²) in [5.74, 6) is 0. The minimum atomic E-state index is -0.112. The third-order valence-electron chi connectivity index (χ3n) is 4.27. The van der Waals surface area contributed by atoms with Gasteiger partial charge in [-0.2, -0.15) is 10.2 Å². The number of nitrogens with one attached hydrogen (secondary N) is 1. The summed E-state index contributed by atoms with van der Waals surface area (Å²) in [5, 5.41) is 13.1. The average molecular weight is 383 g/mol. The maximum atomic E-state index is 12.9. The van der Waals surface area contributed by atoms with Crippen molar-refractivity contribution in [1.82, 2.24) is 33.9 Å². The predicted molar refractivity (Wildman–Crippen MR) is 101 cm³/mol. The van der Waals surface area contributed by atoms with Crippen LogP contribution in [0.1, 0.15) is 15.6 Å². The number of hydrogen-bond donors (Lipinski definition) is 1. The van der Waals surface area contributed by atoms with Crippen LogP contribution in [0, 0.1) is 0 Å². The highest BCUT2D eigenvalue weighted by molar-refractivity contribution is 7.19. The number of thiazole rings is 1.